The number of aromatic amines is 1. The van der Waals surface area contributed by atoms with Crippen molar-refractivity contribution in [2.75, 3.05) is 43.9 Å². The molecule has 2 aromatic carbocycles. The lowest BCUT2D eigenvalue weighted by molar-refractivity contribution is -0.117. The number of likely N-dealkylation sites (N-methyl/N-ethyl adjacent to an activating group) is 1. The van der Waals surface area contributed by atoms with E-state index in [1.807, 2.05) is 30.9 Å². The number of nitrogens with two attached hydrogens (primary N) is 1. The molecule has 41 heavy (non-hydrogen) atoms. The number of aromatic nitrogens is 4. The number of carbonyl (C=O) groups is 1. The van der Waals surface area contributed by atoms with Crippen molar-refractivity contribution >= 4 is 61.7 Å². The predicted octanol–water partition coefficient (Wildman–Crippen LogP) is 3.00. The zero-order chi connectivity index (χ0) is 30.1. The van der Waals surface area contributed by atoms with E-state index < -0.39 is 15.6 Å². The van der Waals surface area contributed by atoms with E-state index >= 15 is 0 Å². The van der Waals surface area contributed by atoms with Crippen LogP contribution in [0.1, 0.15) is 25.2 Å². The van der Waals surface area contributed by atoms with Crippen LogP contribution in [-0.4, -0.2) is 72.7 Å². The number of carbonyl (C=O) groups excluding carboxylic acids is 1. The van der Waals surface area contributed by atoms with Gasteiger partial charge < -0.3 is 15.2 Å². The molecule has 0 bridgehead atoms. The summed E-state index contributed by atoms with van der Waals surface area (Å²) in [5.74, 6) is 0.561. The zero-order valence-corrected chi connectivity index (χ0v) is 25.2. The van der Waals surface area contributed by atoms with Crippen LogP contribution in [-0.2, 0) is 21.2 Å². The first-order chi connectivity index (χ1) is 19.3. The molecule has 2 heterocycles. The number of hydrogen-bond acceptors (Lipinski definition) is 8. The number of nitrogens with one attached hydrogen (secondary N) is 2. The van der Waals surface area contributed by atoms with Gasteiger partial charge in [0.05, 0.1) is 21.5 Å². The van der Waals surface area contributed by atoms with Gasteiger partial charge in [0, 0.05) is 26.2 Å². The third-order valence-corrected chi connectivity index (χ3v) is 7.86. The Balaban J connectivity index is 1.70. The van der Waals surface area contributed by atoms with Crippen molar-refractivity contribution in [2.45, 2.75) is 25.2 Å². The number of hydrogen-bond donors (Lipinski definition) is 3. The van der Waals surface area contributed by atoms with E-state index in [0.717, 1.165) is 30.8 Å². The molecule has 1 amide bonds. The first-order valence-electron chi connectivity index (χ1n) is 12.6. The highest BCUT2D eigenvalue weighted by atomic mass is 35.5. The molecule has 218 valence electrons. The number of amides is 1. The molecule has 2 aromatic heterocycles. The van der Waals surface area contributed by atoms with Crippen LogP contribution in [0.15, 0.2) is 46.1 Å². The molecule has 4 aromatic rings. The molecule has 0 saturated heterocycles. The highest BCUT2D eigenvalue weighted by molar-refractivity contribution is 7.89. The SMILES string of the molecule is CCN(CC)CC(=O)Nc1ccc(Cc2nc3c(c(N(C)C)nn3-c3c(Cl)cc(S(N)(=O)=O)cc3Cl)c(=O)[nH]2)cc1. The van der Waals surface area contributed by atoms with Gasteiger partial charge in [-0.2, -0.15) is 0 Å². The molecule has 0 atom stereocenters. The topological polar surface area (TPSA) is 159 Å². The van der Waals surface area contributed by atoms with Crippen LogP contribution in [0.3, 0.4) is 0 Å². The first kappa shape index (κ1) is 30.5. The second-order valence-corrected chi connectivity index (χ2v) is 11.9. The Labute approximate surface area is 247 Å². The predicted molar refractivity (Wildman–Crippen MR) is 161 cm³/mol. The zero-order valence-electron chi connectivity index (χ0n) is 22.9. The summed E-state index contributed by atoms with van der Waals surface area (Å²) in [4.78, 5) is 36.4. The number of anilines is 2. The van der Waals surface area contributed by atoms with E-state index in [1.54, 1.807) is 31.1 Å². The number of nitrogens with zero attached hydrogens (tertiary/aromatic N) is 5. The number of halogens is 2. The fourth-order valence-electron chi connectivity index (χ4n) is 4.27. The molecule has 4 rings (SSSR count). The lowest BCUT2D eigenvalue weighted by atomic mass is 10.1. The molecule has 4 N–H and O–H groups in total. The Morgan fingerprint density at radius 3 is 2.24 bits per heavy atom. The lowest BCUT2D eigenvalue weighted by Gasteiger charge is -2.17. The van der Waals surface area contributed by atoms with Crippen LogP contribution < -0.4 is 20.9 Å². The van der Waals surface area contributed by atoms with Gasteiger partial charge in [0.25, 0.3) is 5.56 Å². The number of benzene rings is 2. The van der Waals surface area contributed by atoms with Gasteiger partial charge in [-0.1, -0.05) is 49.2 Å². The average Bonchev–Trinajstić information content (AvgIpc) is 3.27. The molecular formula is C26H30Cl2N8O4S. The van der Waals surface area contributed by atoms with Crippen LogP contribution in [0.4, 0.5) is 11.5 Å². The summed E-state index contributed by atoms with van der Waals surface area (Å²) >= 11 is 12.9. The van der Waals surface area contributed by atoms with E-state index in [-0.39, 0.29) is 44.0 Å². The largest absolute Gasteiger partial charge is 0.361 e. The highest BCUT2D eigenvalue weighted by Crippen LogP contribution is 2.34. The van der Waals surface area contributed by atoms with Crippen LogP contribution in [0.25, 0.3) is 16.7 Å². The van der Waals surface area contributed by atoms with Gasteiger partial charge in [0.15, 0.2) is 11.5 Å². The van der Waals surface area contributed by atoms with E-state index in [0.29, 0.717) is 23.9 Å². The quantitative estimate of drug-likeness (QED) is 0.244. The van der Waals surface area contributed by atoms with Gasteiger partial charge >= 0.3 is 0 Å². The van der Waals surface area contributed by atoms with Crippen molar-refractivity contribution < 1.29 is 13.2 Å². The van der Waals surface area contributed by atoms with Crippen LogP contribution in [0.2, 0.25) is 10.0 Å². The molecule has 0 radical (unpaired) electrons. The van der Waals surface area contributed by atoms with Crippen LogP contribution in [0.5, 0.6) is 0 Å². The van der Waals surface area contributed by atoms with Crippen molar-refractivity contribution in [3.63, 3.8) is 0 Å². The smallest absolute Gasteiger partial charge is 0.264 e. The monoisotopic (exact) mass is 620 g/mol. The molecule has 0 fully saturated rings. The second-order valence-electron chi connectivity index (χ2n) is 9.50. The molecule has 0 aliphatic carbocycles. The maximum atomic E-state index is 13.2. The summed E-state index contributed by atoms with van der Waals surface area (Å²) in [6, 6.07) is 9.56. The Hall–Kier alpha value is -3.49. The molecular weight excluding hydrogens is 591 g/mol. The maximum Gasteiger partial charge on any atom is 0.264 e. The Morgan fingerprint density at radius 1 is 1.10 bits per heavy atom. The van der Waals surface area contributed by atoms with Crippen molar-refractivity contribution in [3.8, 4) is 5.69 Å². The highest BCUT2D eigenvalue weighted by Gasteiger charge is 2.24. The Kier molecular flexibility index (Phi) is 9.04. The minimum atomic E-state index is -4.07. The van der Waals surface area contributed by atoms with E-state index in [4.69, 9.17) is 28.3 Å². The number of primary sulfonamides is 1. The normalized spacial score (nSPS) is 11.8. The van der Waals surface area contributed by atoms with E-state index in [1.165, 1.54) is 4.68 Å². The minimum absolute atomic E-state index is 0.0431. The lowest BCUT2D eigenvalue weighted by Crippen LogP contribution is -2.32. The first-order valence-corrected chi connectivity index (χ1v) is 14.9. The van der Waals surface area contributed by atoms with E-state index in [9.17, 15) is 18.0 Å². The molecule has 12 nitrogen and oxygen atoms in total. The fourth-order valence-corrected chi connectivity index (χ4v) is 5.61. The van der Waals surface area contributed by atoms with Crippen LogP contribution >= 0.6 is 23.2 Å². The van der Waals surface area contributed by atoms with Gasteiger partial charge in [0.2, 0.25) is 15.9 Å². The van der Waals surface area contributed by atoms with Crippen molar-refractivity contribution in [1.29, 1.82) is 0 Å². The number of rotatable bonds is 10. The molecule has 0 saturated carbocycles. The van der Waals surface area contributed by atoms with Crippen LogP contribution in [0, 0.1) is 0 Å². The van der Waals surface area contributed by atoms with Gasteiger partial charge in [-0.05, 0) is 42.9 Å². The molecule has 0 spiro atoms. The summed E-state index contributed by atoms with van der Waals surface area (Å²) in [6.07, 6.45) is 0.271. The summed E-state index contributed by atoms with van der Waals surface area (Å²) in [6.45, 7) is 5.88. The average molecular weight is 622 g/mol. The van der Waals surface area contributed by atoms with Crippen molar-refractivity contribution in [3.05, 3.63) is 68.2 Å². The number of fused-ring (bicyclic) bond motifs is 1. The van der Waals surface area contributed by atoms with E-state index in [2.05, 4.69) is 20.4 Å². The third kappa shape index (κ3) is 6.71. The van der Waals surface area contributed by atoms with Gasteiger partial charge in [0.1, 0.15) is 16.9 Å². The summed E-state index contributed by atoms with van der Waals surface area (Å²) in [5.41, 5.74) is 1.40. The summed E-state index contributed by atoms with van der Waals surface area (Å²) < 4.78 is 25.0. The molecule has 0 aliphatic rings. The molecule has 15 heteroatoms. The van der Waals surface area contributed by atoms with Crippen molar-refractivity contribution in [2.24, 2.45) is 5.14 Å². The standard InChI is InChI=1S/C26H30Cl2N8O4S/c1-5-35(6-2)14-21(37)30-16-9-7-15(8-10-16)11-20-31-24-22(26(38)32-20)25(34(3)4)33-36(24)23-18(27)12-17(13-19(23)28)41(29,39)40/h7-10,12-13H,5-6,11,14H2,1-4H3,(H,30,37)(H2,29,39,40)(H,31,32,38). The maximum absolute atomic E-state index is 13.2. The molecule has 0 aliphatic heterocycles. The second kappa shape index (κ2) is 12.2. The summed E-state index contributed by atoms with van der Waals surface area (Å²) in [7, 11) is -0.631. The number of sulfonamides is 1. The Morgan fingerprint density at radius 2 is 1.71 bits per heavy atom. The summed E-state index contributed by atoms with van der Waals surface area (Å²) in [5, 5.41) is 12.8. The van der Waals surface area contributed by atoms with Crippen molar-refractivity contribution in [1.82, 2.24) is 24.6 Å². The molecule has 0 unspecified atom stereocenters. The van der Waals surface area contributed by atoms with Gasteiger partial charge in [-0.25, -0.2) is 23.2 Å². The number of H-pyrrole nitrogens is 1. The van der Waals surface area contributed by atoms with Gasteiger partial charge in [-0.3, -0.25) is 14.5 Å². The fraction of sp³-hybridized carbons (Fsp3) is 0.308. The Bertz CT molecular complexity index is 1740. The van der Waals surface area contributed by atoms with Gasteiger partial charge in [-0.15, -0.1) is 5.10 Å². The minimum Gasteiger partial charge on any atom is -0.361 e. The third-order valence-electron chi connectivity index (χ3n) is 6.39.